The number of hydrogen-bond acceptors (Lipinski definition) is 2. The lowest BCUT2D eigenvalue weighted by molar-refractivity contribution is 0.238. The second kappa shape index (κ2) is 4.59. The molecule has 1 aliphatic heterocycles. The molecule has 2 heteroatoms. The van der Waals surface area contributed by atoms with Crippen molar-refractivity contribution in [2.75, 3.05) is 23.7 Å². The molecule has 1 aromatic carbocycles. The summed E-state index contributed by atoms with van der Waals surface area (Å²) >= 11 is 0. The van der Waals surface area contributed by atoms with Crippen LogP contribution in [0.25, 0.3) is 0 Å². The molecule has 2 nitrogen and oxygen atoms in total. The molecule has 2 rings (SSSR count). The van der Waals surface area contributed by atoms with E-state index in [1.165, 1.54) is 30.5 Å². The van der Waals surface area contributed by atoms with Crippen molar-refractivity contribution in [2.24, 2.45) is 5.41 Å². The number of hydrogen-bond donors (Lipinski definition) is 1. The molecule has 1 heterocycles. The molecule has 0 bridgehead atoms. The Kier molecular flexibility index (Phi) is 3.32. The fourth-order valence-electron chi connectivity index (χ4n) is 2.61. The molecule has 1 fully saturated rings. The van der Waals surface area contributed by atoms with Crippen LogP contribution in [0.2, 0.25) is 0 Å². The van der Waals surface area contributed by atoms with Crippen molar-refractivity contribution in [3.05, 3.63) is 23.8 Å². The Labute approximate surface area is 105 Å². The van der Waals surface area contributed by atoms with Crippen LogP contribution in [0, 0.1) is 12.3 Å². The number of rotatable bonds is 2. The monoisotopic (exact) mass is 232 g/mol. The third kappa shape index (κ3) is 2.56. The van der Waals surface area contributed by atoms with Gasteiger partial charge in [0.25, 0.3) is 0 Å². The van der Waals surface area contributed by atoms with Gasteiger partial charge in [0.2, 0.25) is 0 Å². The van der Waals surface area contributed by atoms with Gasteiger partial charge in [-0.15, -0.1) is 0 Å². The minimum Gasteiger partial charge on any atom is -0.399 e. The van der Waals surface area contributed by atoms with Crippen molar-refractivity contribution >= 4 is 11.4 Å². The standard InChI is InChI=1S/C15H24N2/c1-4-15(3)7-9-17(10-8-15)14-11-13(16)6-5-12(14)2/h5-6,11H,4,7-10,16H2,1-3H3. The molecule has 17 heavy (non-hydrogen) atoms. The Balaban J connectivity index is 2.13. The minimum atomic E-state index is 0.546. The van der Waals surface area contributed by atoms with Crippen molar-refractivity contribution in [1.82, 2.24) is 0 Å². The predicted octanol–water partition coefficient (Wildman–Crippen LogP) is 3.59. The van der Waals surface area contributed by atoms with Crippen LogP contribution in [0.4, 0.5) is 11.4 Å². The fourth-order valence-corrected chi connectivity index (χ4v) is 2.61. The number of benzene rings is 1. The van der Waals surface area contributed by atoms with E-state index >= 15 is 0 Å². The van der Waals surface area contributed by atoms with Gasteiger partial charge in [-0.05, 0) is 42.9 Å². The van der Waals surface area contributed by atoms with Gasteiger partial charge in [-0.1, -0.05) is 26.3 Å². The van der Waals surface area contributed by atoms with Gasteiger partial charge in [0.1, 0.15) is 0 Å². The molecule has 2 N–H and O–H groups in total. The zero-order chi connectivity index (χ0) is 12.5. The van der Waals surface area contributed by atoms with E-state index in [0.717, 1.165) is 18.8 Å². The van der Waals surface area contributed by atoms with Crippen LogP contribution in [0.5, 0.6) is 0 Å². The maximum Gasteiger partial charge on any atom is 0.0416 e. The van der Waals surface area contributed by atoms with Gasteiger partial charge in [-0.3, -0.25) is 0 Å². The summed E-state index contributed by atoms with van der Waals surface area (Å²) in [5, 5.41) is 0. The maximum absolute atomic E-state index is 5.89. The average Bonchev–Trinajstić information content (AvgIpc) is 2.34. The summed E-state index contributed by atoms with van der Waals surface area (Å²) in [6.07, 6.45) is 3.87. The first-order valence-electron chi connectivity index (χ1n) is 6.65. The van der Waals surface area contributed by atoms with E-state index in [4.69, 9.17) is 5.73 Å². The highest BCUT2D eigenvalue weighted by Crippen LogP contribution is 2.36. The maximum atomic E-state index is 5.89. The van der Waals surface area contributed by atoms with Gasteiger partial charge < -0.3 is 10.6 Å². The number of piperidine rings is 1. The summed E-state index contributed by atoms with van der Waals surface area (Å²) in [7, 11) is 0. The van der Waals surface area contributed by atoms with Gasteiger partial charge in [-0.25, -0.2) is 0 Å². The van der Waals surface area contributed by atoms with E-state index in [1.54, 1.807) is 0 Å². The molecule has 0 radical (unpaired) electrons. The highest BCUT2D eigenvalue weighted by Gasteiger charge is 2.28. The van der Waals surface area contributed by atoms with Crippen LogP contribution >= 0.6 is 0 Å². The van der Waals surface area contributed by atoms with E-state index in [0.29, 0.717) is 5.41 Å². The second-order valence-electron chi connectivity index (χ2n) is 5.70. The smallest absolute Gasteiger partial charge is 0.0416 e. The van der Waals surface area contributed by atoms with Crippen molar-refractivity contribution < 1.29 is 0 Å². The van der Waals surface area contributed by atoms with Crippen LogP contribution in [0.15, 0.2) is 18.2 Å². The van der Waals surface area contributed by atoms with Crippen LogP contribution in [-0.2, 0) is 0 Å². The summed E-state index contributed by atoms with van der Waals surface area (Å²) in [5.74, 6) is 0. The van der Waals surface area contributed by atoms with Crippen molar-refractivity contribution in [1.29, 1.82) is 0 Å². The first kappa shape index (κ1) is 12.3. The predicted molar refractivity (Wildman–Crippen MR) is 75.4 cm³/mol. The third-order valence-electron chi connectivity index (χ3n) is 4.40. The highest BCUT2D eigenvalue weighted by atomic mass is 15.1. The van der Waals surface area contributed by atoms with E-state index in [2.05, 4.69) is 37.8 Å². The summed E-state index contributed by atoms with van der Waals surface area (Å²) < 4.78 is 0. The Morgan fingerprint density at radius 1 is 1.29 bits per heavy atom. The Bertz CT molecular complexity index is 390. The van der Waals surface area contributed by atoms with Crippen molar-refractivity contribution in [3.63, 3.8) is 0 Å². The Morgan fingerprint density at radius 2 is 1.94 bits per heavy atom. The summed E-state index contributed by atoms with van der Waals surface area (Å²) in [4.78, 5) is 2.49. The van der Waals surface area contributed by atoms with Gasteiger partial charge in [0, 0.05) is 24.5 Å². The molecule has 1 aromatic rings. The Hall–Kier alpha value is -1.18. The molecule has 0 unspecified atom stereocenters. The van der Waals surface area contributed by atoms with Crippen molar-refractivity contribution in [3.8, 4) is 0 Å². The normalized spacial score (nSPS) is 19.4. The number of nitrogen functional groups attached to an aromatic ring is 1. The van der Waals surface area contributed by atoms with E-state index in [9.17, 15) is 0 Å². The topological polar surface area (TPSA) is 29.3 Å². The third-order valence-corrected chi connectivity index (χ3v) is 4.40. The van der Waals surface area contributed by atoms with E-state index in [1.807, 2.05) is 6.07 Å². The van der Waals surface area contributed by atoms with Gasteiger partial charge in [0.15, 0.2) is 0 Å². The molecule has 0 amide bonds. The van der Waals surface area contributed by atoms with Crippen LogP contribution in [0.3, 0.4) is 0 Å². The van der Waals surface area contributed by atoms with Gasteiger partial charge in [-0.2, -0.15) is 0 Å². The molecule has 1 saturated heterocycles. The lowest BCUT2D eigenvalue weighted by Gasteiger charge is -2.40. The zero-order valence-corrected chi connectivity index (χ0v) is 11.3. The first-order chi connectivity index (χ1) is 8.04. The SMILES string of the molecule is CCC1(C)CCN(c2cc(N)ccc2C)CC1. The summed E-state index contributed by atoms with van der Waals surface area (Å²) in [5.41, 5.74) is 9.96. The van der Waals surface area contributed by atoms with E-state index in [-0.39, 0.29) is 0 Å². The molecule has 0 spiro atoms. The molecule has 0 aromatic heterocycles. The molecular formula is C15H24N2. The number of nitrogens with two attached hydrogens (primary N) is 1. The number of aryl methyl sites for hydroxylation is 1. The zero-order valence-electron chi connectivity index (χ0n) is 11.3. The quantitative estimate of drug-likeness (QED) is 0.789. The molecule has 0 atom stereocenters. The first-order valence-corrected chi connectivity index (χ1v) is 6.65. The Morgan fingerprint density at radius 3 is 2.53 bits per heavy atom. The lowest BCUT2D eigenvalue weighted by atomic mass is 9.78. The number of nitrogens with zero attached hydrogens (tertiary/aromatic N) is 1. The van der Waals surface area contributed by atoms with E-state index < -0.39 is 0 Å². The van der Waals surface area contributed by atoms with Gasteiger partial charge >= 0.3 is 0 Å². The highest BCUT2D eigenvalue weighted by molar-refractivity contribution is 5.61. The fraction of sp³-hybridized carbons (Fsp3) is 0.600. The van der Waals surface area contributed by atoms with Crippen LogP contribution in [0.1, 0.15) is 38.7 Å². The molecule has 1 aliphatic rings. The van der Waals surface area contributed by atoms with Crippen LogP contribution in [-0.4, -0.2) is 13.1 Å². The molecule has 94 valence electrons. The van der Waals surface area contributed by atoms with Crippen molar-refractivity contribution in [2.45, 2.75) is 40.0 Å². The molecule has 0 aliphatic carbocycles. The number of anilines is 2. The largest absolute Gasteiger partial charge is 0.399 e. The summed E-state index contributed by atoms with van der Waals surface area (Å²) in [6.45, 7) is 9.21. The van der Waals surface area contributed by atoms with Crippen LogP contribution < -0.4 is 10.6 Å². The summed E-state index contributed by atoms with van der Waals surface area (Å²) in [6, 6.07) is 6.22. The minimum absolute atomic E-state index is 0.546. The van der Waals surface area contributed by atoms with Gasteiger partial charge in [0.05, 0.1) is 0 Å². The molecule has 0 saturated carbocycles. The lowest BCUT2D eigenvalue weighted by Crippen LogP contribution is -2.38. The average molecular weight is 232 g/mol. The molecular weight excluding hydrogens is 208 g/mol. The second-order valence-corrected chi connectivity index (χ2v) is 5.70.